The van der Waals surface area contributed by atoms with Gasteiger partial charge in [0.25, 0.3) is 5.69 Å². The summed E-state index contributed by atoms with van der Waals surface area (Å²) in [6.45, 7) is 4.07. The van der Waals surface area contributed by atoms with Gasteiger partial charge in [-0.15, -0.1) is 28.1 Å². The van der Waals surface area contributed by atoms with Crippen LogP contribution in [0.1, 0.15) is 0 Å². The lowest BCUT2D eigenvalue weighted by Gasteiger charge is -2.08. The smallest absolute Gasteiger partial charge is 0.270 e. The van der Waals surface area contributed by atoms with Crippen molar-refractivity contribution in [1.82, 2.24) is 19.7 Å². The molecule has 0 aliphatic heterocycles. The second-order valence-corrected chi connectivity index (χ2v) is 8.67. The third-order valence-corrected chi connectivity index (χ3v) is 6.30. The number of thioether (sulfide) groups is 1. The SMILES string of the molecule is C=CCn1c(SCC(=O)Nc2nc(-c3cccc([N+](=O)[O-])c3)cs2)nnc1-c1ccccc1F. The van der Waals surface area contributed by atoms with Crippen molar-refractivity contribution in [3.05, 3.63) is 82.5 Å². The molecule has 172 valence electrons. The molecule has 0 radical (unpaired) electrons. The molecular formula is C22H17FN6O3S2. The average molecular weight is 497 g/mol. The van der Waals surface area contributed by atoms with E-state index in [1.54, 1.807) is 46.4 Å². The van der Waals surface area contributed by atoms with Crippen molar-refractivity contribution in [1.29, 1.82) is 0 Å². The molecule has 4 aromatic rings. The second kappa shape index (κ2) is 10.4. The maximum absolute atomic E-state index is 14.2. The van der Waals surface area contributed by atoms with Crippen molar-refractivity contribution in [3.8, 4) is 22.6 Å². The summed E-state index contributed by atoms with van der Waals surface area (Å²) >= 11 is 2.37. The maximum Gasteiger partial charge on any atom is 0.270 e. The van der Waals surface area contributed by atoms with Gasteiger partial charge in [0.05, 0.1) is 21.9 Å². The van der Waals surface area contributed by atoms with Crippen LogP contribution in [0.2, 0.25) is 0 Å². The molecule has 0 bridgehead atoms. The van der Waals surface area contributed by atoms with Crippen LogP contribution in [0.5, 0.6) is 0 Å². The van der Waals surface area contributed by atoms with Crippen LogP contribution in [0, 0.1) is 15.9 Å². The monoisotopic (exact) mass is 496 g/mol. The minimum absolute atomic E-state index is 0.0261. The summed E-state index contributed by atoms with van der Waals surface area (Å²) in [5.41, 5.74) is 1.38. The number of nitrogens with zero attached hydrogens (tertiary/aromatic N) is 5. The number of hydrogen-bond donors (Lipinski definition) is 1. The van der Waals surface area contributed by atoms with Crippen molar-refractivity contribution < 1.29 is 14.1 Å². The number of non-ortho nitro benzene ring substituents is 1. The number of anilines is 1. The zero-order valence-corrected chi connectivity index (χ0v) is 19.2. The number of rotatable bonds is 9. The Morgan fingerprint density at radius 2 is 2.09 bits per heavy atom. The number of amides is 1. The van der Waals surface area contributed by atoms with Crippen LogP contribution in [0.4, 0.5) is 15.2 Å². The molecule has 0 saturated heterocycles. The molecule has 0 fully saturated rings. The van der Waals surface area contributed by atoms with Crippen molar-refractivity contribution in [2.24, 2.45) is 0 Å². The Bertz CT molecular complexity index is 1370. The quantitative estimate of drug-likeness (QED) is 0.149. The summed E-state index contributed by atoms with van der Waals surface area (Å²) in [6, 6.07) is 12.4. The van der Waals surface area contributed by atoms with Gasteiger partial charge in [0.15, 0.2) is 16.1 Å². The van der Waals surface area contributed by atoms with Gasteiger partial charge in [-0.1, -0.05) is 42.1 Å². The maximum atomic E-state index is 14.2. The highest BCUT2D eigenvalue weighted by molar-refractivity contribution is 7.99. The van der Waals surface area contributed by atoms with Crippen LogP contribution < -0.4 is 5.32 Å². The largest absolute Gasteiger partial charge is 0.301 e. The van der Waals surface area contributed by atoms with Gasteiger partial charge in [-0.2, -0.15) is 0 Å². The van der Waals surface area contributed by atoms with E-state index >= 15 is 0 Å². The van der Waals surface area contributed by atoms with Crippen molar-refractivity contribution >= 4 is 39.8 Å². The highest BCUT2D eigenvalue weighted by Gasteiger charge is 2.18. The molecule has 2 aromatic heterocycles. The Kier molecular flexibility index (Phi) is 7.09. The second-order valence-electron chi connectivity index (χ2n) is 6.87. The van der Waals surface area contributed by atoms with E-state index in [4.69, 9.17) is 0 Å². The molecule has 2 aromatic carbocycles. The number of halogens is 1. The molecule has 0 atom stereocenters. The van der Waals surface area contributed by atoms with Crippen LogP contribution in [0.15, 0.2) is 71.7 Å². The van der Waals surface area contributed by atoms with E-state index in [0.717, 1.165) is 11.8 Å². The van der Waals surface area contributed by atoms with Gasteiger partial charge < -0.3 is 5.32 Å². The molecule has 0 aliphatic carbocycles. The number of nitro benzene ring substituents is 1. The Morgan fingerprint density at radius 1 is 1.26 bits per heavy atom. The van der Waals surface area contributed by atoms with Gasteiger partial charge in [-0.25, -0.2) is 9.37 Å². The van der Waals surface area contributed by atoms with Crippen LogP contribution >= 0.6 is 23.1 Å². The lowest BCUT2D eigenvalue weighted by Crippen LogP contribution is -2.14. The lowest BCUT2D eigenvalue weighted by molar-refractivity contribution is -0.384. The average Bonchev–Trinajstić information content (AvgIpc) is 3.46. The first-order valence-corrected chi connectivity index (χ1v) is 11.7. The lowest BCUT2D eigenvalue weighted by atomic mass is 10.1. The van der Waals surface area contributed by atoms with Gasteiger partial charge in [-0.3, -0.25) is 19.5 Å². The number of allylic oxidation sites excluding steroid dienone is 1. The van der Waals surface area contributed by atoms with E-state index in [1.165, 1.54) is 29.5 Å². The topological polar surface area (TPSA) is 116 Å². The van der Waals surface area contributed by atoms with Gasteiger partial charge in [0.1, 0.15) is 5.82 Å². The molecule has 0 saturated carbocycles. The highest BCUT2D eigenvalue weighted by atomic mass is 32.2. The molecule has 2 heterocycles. The van der Waals surface area contributed by atoms with Gasteiger partial charge in [0, 0.05) is 29.6 Å². The number of thiazole rings is 1. The number of carbonyl (C=O) groups excluding carboxylic acids is 1. The Hall–Kier alpha value is -3.90. The Morgan fingerprint density at radius 3 is 2.85 bits per heavy atom. The third kappa shape index (κ3) is 5.18. The van der Waals surface area contributed by atoms with Crippen molar-refractivity contribution in [3.63, 3.8) is 0 Å². The highest BCUT2D eigenvalue weighted by Crippen LogP contribution is 2.29. The molecule has 9 nitrogen and oxygen atoms in total. The predicted octanol–water partition coefficient (Wildman–Crippen LogP) is 5.03. The van der Waals surface area contributed by atoms with E-state index in [-0.39, 0.29) is 17.3 Å². The first kappa shape index (κ1) is 23.3. The van der Waals surface area contributed by atoms with E-state index < -0.39 is 10.7 Å². The van der Waals surface area contributed by atoms with E-state index in [0.29, 0.717) is 39.5 Å². The summed E-state index contributed by atoms with van der Waals surface area (Å²) in [5, 5.41) is 24.4. The molecule has 0 unspecified atom stereocenters. The zero-order valence-electron chi connectivity index (χ0n) is 17.6. The first-order chi connectivity index (χ1) is 16.5. The third-order valence-electron chi connectivity index (χ3n) is 4.58. The number of aromatic nitrogens is 4. The fraction of sp³-hybridized carbons (Fsp3) is 0.0909. The minimum atomic E-state index is -0.474. The molecule has 0 spiro atoms. The fourth-order valence-electron chi connectivity index (χ4n) is 3.06. The van der Waals surface area contributed by atoms with Crippen LogP contribution in [-0.2, 0) is 11.3 Å². The molecule has 12 heteroatoms. The molecule has 34 heavy (non-hydrogen) atoms. The summed E-state index contributed by atoms with van der Waals surface area (Å²) in [7, 11) is 0. The summed E-state index contributed by atoms with van der Waals surface area (Å²) < 4.78 is 15.9. The van der Waals surface area contributed by atoms with E-state index in [9.17, 15) is 19.3 Å². The minimum Gasteiger partial charge on any atom is -0.301 e. The fourth-order valence-corrected chi connectivity index (χ4v) is 4.54. The van der Waals surface area contributed by atoms with Gasteiger partial charge >= 0.3 is 0 Å². The van der Waals surface area contributed by atoms with Crippen molar-refractivity contribution in [2.45, 2.75) is 11.7 Å². The van der Waals surface area contributed by atoms with Crippen LogP contribution in [0.25, 0.3) is 22.6 Å². The van der Waals surface area contributed by atoms with E-state index in [2.05, 4.69) is 27.1 Å². The summed E-state index contributed by atoms with van der Waals surface area (Å²) in [4.78, 5) is 27.3. The van der Waals surface area contributed by atoms with Crippen molar-refractivity contribution in [2.75, 3.05) is 11.1 Å². The predicted molar refractivity (Wildman–Crippen MR) is 129 cm³/mol. The summed E-state index contributed by atoms with van der Waals surface area (Å²) in [6.07, 6.45) is 1.64. The van der Waals surface area contributed by atoms with Gasteiger partial charge in [-0.05, 0) is 12.1 Å². The number of nitro groups is 1. The molecule has 0 aliphatic rings. The number of nitrogens with one attached hydrogen (secondary N) is 1. The van der Waals surface area contributed by atoms with Gasteiger partial charge in [0.2, 0.25) is 5.91 Å². The Balaban J connectivity index is 1.43. The normalized spacial score (nSPS) is 10.7. The number of benzene rings is 2. The van der Waals surface area contributed by atoms with Crippen LogP contribution in [-0.4, -0.2) is 36.3 Å². The zero-order chi connectivity index (χ0) is 24.1. The number of hydrogen-bond acceptors (Lipinski definition) is 8. The number of carbonyl (C=O) groups is 1. The Labute approximate surface area is 201 Å². The standard InChI is InChI=1S/C22H17FN6O3S2/c1-2-10-28-20(16-8-3-4-9-17(16)23)26-27-22(28)34-13-19(30)25-21-24-18(12-33-21)14-6-5-7-15(11-14)29(31)32/h2-9,11-12H,1,10,13H2,(H,24,25,30). The molecule has 1 N–H and O–H groups in total. The molecule has 4 rings (SSSR count). The van der Waals surface area contributed by atoms with E-state index in [1.807, 2.05) is 0 Å². The van der Waals surface area contributed by atoms with Crippen LogP contribution in [0.3, 0.4) is 0 Å². The first-order valence-electron chi connectivity index (χ1n) is 9.88. The summed E-state index contributed by atoms with van der Waals surface area (Å²) in [5.74, 6) is -0.357. The molecule has 1 amide bonds. The molecular weight excluding hydrogens is 479 g/mol.